The van der Waals surface area contributed by atoms with Gasteiger partial charge in [0.05, 0.1) is 6.54 Å². The number of nitrogens with two attached hydrogens (primary N) is 1. The van der Waals surface area contributed by atoms with E-state index >= 15 is 0 Å². The second-order valence-electron chi connectivity index (χ2n) is 5.48. The number of hydrogen-bond donors (Lipinski definition) is 1. The van der Waals surface area contributed by atoms with E-state index in [2.05, 4.69) is 17.9 Å². The van der Waals surface area contributed by atoms with E-state index in [0.29, 0.717) is 6.54 Å². The van der Waals surface area contributed by atoms with Crippen LogP contribution >= 0.6 is 0 Å². The molecule has 3 nitrogen and oxygen atoms in total. The third-order valence-electron chi connectivity index (χ3n) is 4.01. The van der Waals surface area contributed by atoms with Crippen LogP contribution in [0.1, 0.15) is 31.1 Å². The minimum atomic E-state index is 0.549. The van der Waals surface area contributed by atoms with Crippen LogP contribution in [0.4, 0.5) is 0 Å². The highest BCUT2D eigenvalue weighted by Gasteiger charge is 2.24. The van der Waals surface area contributed by atoms with Crippen LogP contribution in [0.2, 0.25) is 0 Å². The molecular weight excluding hydrogens is 236 g/mol. The van der Waals surface area contributed by atoms with E-state index in [4.69, 9.17) is 10.2 Å². The van der Waals surface area contributed by atoms with Crippen molar-refractivity contribution in [1.29, 1.82) is 0 Å². The lowest BCUT2D eigenvalue weighted by Crippen LogP contribution is -2.25. The zero-order valence-corrected chi connectivity index (χ0v) is 11.6. The number of furan rings is 1. The first-order chi connectivity index (χ1) is 9.31. The topological polar surface area (TPSA) is 42.4 Å². The van der Waals surface area contributed by atoms with Gasteiger partial charge in [-0.15, -0.1) is 0 Å². The summed E-state index contributed by atoms with van der Waals surface area (Å²) >= 11 is 0. The molecule has 0 aliphatic heterocycles. The summed E-state index contributed by atoms with van der Waals surface area (Å²) in [7, 11) is 0. The fraction of sp³-hybridized carbons (Fsp3) is 0.500. The van der Waals surface area contributed by atoms with Gasteiger partial charge in [-0.2, -0.15) is 0 Å². The Bertz CT molecular complexity index is 557. The van der Waals surface area contributed by atoms with Gasteiger partial charge in [0, 0.05) is 24.0 Å². The summed E-state index contributed by atoms with van der Waals surface area (Å²) in [5, 5.41) is 1.17. The normalized spacial score (nSPS) is 15.5. The first-order valence-electron chi connectivity index (χ1n) is 7.23. The predicted molar refractivity (Wildman–Crippen MR) is 77.8 cm³/mol. The molecule has 3 rings (SSSR count). The fourth-order valence-electron chi connectivity index (χ4n) is 2.68. The van der Waals surface area contributed by atoms with Gasteiger partial charge in [0.15, 0.2) is 0 Å². The van der Waals surface area contributed by atoms with Crippen LogP contribution in [0, 0.1) is 5.92 Å². The Labute approximate surface area is 114 Å². The van der Waals surface area contributed by atoms with E-state index in [-0.39, 0.29) is 0 Å². The van der Waals surface area contributed by atoms with E-state index in [1.165, 1.54) is 30.3 Å². The van der Waals surface area contributed by atoms with Gasteiger partial charge >= 0.3 is 0 Å². The fourth-order valence-corrected chi connectivity index (χ4v) is 2.68. The molecule has 1 aliphatic rings. The summed E-state index contributed by atoms with van der Waals surface area (Å²) in [6.07, 6.45) is 2.78. The molecule has 0 amide bonds. The number of benzene rings is 1. The predicted octanol–water partition coefficient (Wildman–Crippen LogP) is 3.12. The molecule has 0 spiro atoms. The first kappa shape index (κ1) is 12.7. The average molecular weight is 258 g/mol. The minimum Gasteiger partial charge on any atom is -0.459 e. The van der Waals surface area contributed by atoms with E-state index in [9.17, 15) is 0 Å². The lowest BCUT2D eigenvalue weighted by molar-refractivity contribution is 0.247. The lowest BCUT2D eigenvalue weighted by Gasteiger charge is -2.19. The number of para-hydroxylation sites is 1. The SMILES string of the molecule is CCN(Cc1oc2ccccc2c1CN)CC1CC1. The van der Waals surface area contributed by atoms with Crippen molar-refractivity contribution in [1.82, 2.24) is 4.90 Å². The lowest BCUT2D eigenvalue weighted by atomic mass is 10.1. The van der Waals surface area contributed by atoms with Crippen LogP contribution in [-0.2, 0) is 13.1 Å². The van der Waals surface area contributed by atoms with Crippen molar-refractivity contribution < 1.29 is 4.42 Å². The van der Waals surface area contributed by atoms with E-state index in [0.717, 1.165) is 30.4 Å². The Morgan fingerprint density at radius 3 is 2.79 bits per heavy atom. The monoisotopic (exact) mass is 258 g/mol. The maximum Gasteiger partial charge on any atom is 0.134 e. The van der Waals surface area contributed by atoms with Crippen molar-refractivity contribution in [2.45, 2.75) is 32.9 Å². The Morgan fingerprint density at radius 2 is 2.11 bits per heavy atom. The summed E-state index contributed by atoms with van der Waals surface area (Å²) < 4.78 is 6.00. The van der Waals surface area contributed by atoms with Gasteiger partial charge in [-0.05, 0) is 31.4 Å². The molecule has 3 heteroatoms. The van der Waals surface area contributed by atoms with Crippen molar-refractivity contribution >= 4 is 11.0 Å². The molecule has 1 heterocycles. The zero-order chi connectivity index (χ0) is 13.2. The van der Waals surface area contributed by atoms with E-state index < -0.39 is 0 Å². The maximum atomic E-state index is 6.00. The molecule has 1 aromatic heterocycles. The van der Waals surface area contributed by atoms with Gasteiger partial charge in [0.25, 0.3) is 0 Å². The number of hydrogen-bond acceptors (Lipinski definition) is 3. The van der Waals surface area contributed by atoms with Gasteiger partial charge in [0.1, 0.15) is 11.3 Å². The molecule has 0 bridgehead atoms. The van der Waals surface area contributed by atoms with Crippen molar-refractivity contribution in [2.24, 2.45) is 11.7 Å². The molecule has 0 unspecified atom stereocenters. The molecule has 1 aromatic carbocycles. The van der Waals surface area contributed by atoms with Crippen LogP contribution in [0.3, 0.4) is 0 Å². The van der Waals surface area contributed by atoms with Gasteiger partial charge in [-0.1, -0.05) is 25.1 Å². The van der Waals surface area contributed by atoms with Crippen molar-refractivity contribution in [3.63, 3.8) is 0 Å². The van der Waals surface area contributed by atoms with Crippen LogP contribution in [0.25, 0.3) is 11.0 Å². The number of nitrogens with zero attached hydrogens (tertiary/aromatic N) is 1. The molecule has 0 saturated heterocycles. The highest BCUT2D eigenvalue weighted by atomic mass is 16.3. The Morgan fingerprint density at radius 1 is 1.32 bits per heavy atom. The van der Waals surface area contributed by atoms with Crippen molar-refractivity contribution in [2.75, 3.05) is 13.1 Å². The largest absolute Gasteiger partial charge is 0.459 e. The molecule has 2 N–H and O–H groups in total. The minimum absolute atomic E-state index is 0.549. The summed E-state index contributed by atoms with van der Waals surface area (Å²) in [5.41, 5.74) is 8.04. The summed E-state index contributed by atoms with van der Waals surface area (Å²) in [6.45, 7) is 5.91. The molecule has 102 valence electrons. The highest BCUT2D eigenvalue weighted by Crippen LogP contribution is 2.31. The van der Waals surface area contributed by atoms with Gasteiger partial charge in [0.2, 0.25) is 0 Å². The van der Waals surface area contributed by atoms with Crippen LogP contribution < -0.4 is 5.73 Å². The molecule has 1 fully saturated rings. The molecule has 19 heavy (non-hydrogen) atoms. The Balaban J connectivity index is 1.85. The zero-order valence-electron chi connectivity index (χ0n) is 11.6. The van der Waals surface area contributed by atoms with E-state index in [1.807, 2.05) is 18.2 Å². The third-order valence-corrected chi connectivity index (χ3v) is 4.01. The van der Waals surface area contributed by atoms with Crippen LogP contribution in [-0.4, -0.2) is 18.0 Å². The quantitative estimate of drug-likeness (QED) is 0.865. The van der Waals surface area contributed by atoms with Crippen molar-refractivity contribution in [3.8, 4) is 0 Å². The molecule has 0 atom stereocenters. The van der Waals surface area contributed by atoms with Gasteiger partial charge < -0.3 is 10.2 Å². The highest BCUT2D eigenvalue weighted by molar-refractivity contribution is 5.82. The average Bonchev–Trinajstić information content (AvgIpc) is 3.17. The first-order valence-corrected chi connectivity index (χ1v) is 7.23. The Kier molecular flexibility index (Phi) is 3.58. The molecule has 0 radical (unpaired) electrons. The summed E-state index contributed by atoms with van der Waals surface area (Å²) in [4.78, 5) is 2.47. The molecule has 1 saturated carbocycles. The standard InChI is InChI=1S/C16H22N2O/c1-2-18(10-12-7-8-12)11-16-14(9-17)13-5-3-4-6-15(13)19-16/h3-6,12H,2,7-11,17H2,1H3. The van der Waals surface area contributed by atoms with Crippen molar-refractivity contribution in [3.05, 3.63) is 35.6 Å². The molecular formula is C16H22N2O. The van der Waals surface area contributed by atoms with Crippen LogP contribution in [0.15, 0.2) is 28.7 Å². The summed E-state index contributed by atoms with van der Waals surface area (Å²) in [6, 6.07) is 8.18. The third kappa shape index (κ3) is 2.67. The smallest absolute Gasteiger partial charge is 0.134 e. The van der Waals surface area contributed by atoms with Gasteiger partial charge in [-0.25, -0.2) is 0 Å². The molecule has 2 aromatic rings. The number of rotatable bonds is 6. The van der Waals surface area contributed by atoms with Gasteiger partial charge in [-0.3, -0.25) is 4.90 Å². The summed E-state index contributed by atoms with van der Waals surface area (Å²) in [5.74, 6) is 1.96. The maximum absolute atomic E-state index is 6.00. The second kappa shape index (κ2) is 5.35. The Hall–Kier alpha value is -1.32. The van der Waals surface area contributed by atoms with Crippen LogP contribution in [0.5, 0.6) is 0 Å². The number of fused-ring (bicyclic) bond motifs is 1. The van der Waals surface area contributed by atoms with E-state index in [1.54, 1.807) is 0 Å². The second-order valence-corrected chi connectivity index (χ2v) is 5.48. The molecule has 1 aliphatic carbocycles.